The van der Waals surface area contributed by atoms with Crippen LogP contribution >= 0.6 is 0 Å². The molecule has 0 saturated carbocycles. The smallest absolute Gasteiger partial charge is 0.0811 e. The normalized spacial score (nSPS) is 22.5. The van der Waals surface area contributed by atoms with Gasteiger partial charge >= 0.3 is 0 Å². The minimum absolute atomic E-state index is 0.0170. The van der Waals surface area contributed by atoms with Crippen LogP contribution in [0.5, 0.6) is 0 Å². The van der Waals surface area contributed by atoms with E-state index < -0.39 is 5.41 Å². The molecule has 10 rings (SSSR count). The molecule has 0 radical (unpaired) electrons. The van der Waals surface area contributed by atoms with E-state index in [1.165, 1.54) is 66.7 Å². The van der Waals surface area contributed by atoms with Crippen molar-refractivity contribution < 1.29 is 0 Å². The Balaban J connectivity index is 1.05. The van der Waals surface area contributed by atoms with E-state index in [0.29, 0.717) is 0 Å². The third kappa shape index (κ3) is 7.71. The van der Waals surface area contributed by atoms with Crippen molar-refractivity contribution in [3.05, 3.63) is 257 Å². The maximum atomic E-state index is 7.23. The largest absolute Gasteiger partial charge is 0.336 e. The van der Waals surface area contributed by atoms with Crippen LogP contribution in [0.1, 0.15) is 77.3 Å². The summed E-state index contributed by atoms with van der Waals surface area (Å²) in [6.45, 7) is 7.26. The monoisotopic (exact) mass is 819 g/mol. The standard InChI is InChI=1S/C60H57N3/c1-42-37-49(59(61)62-55(38-44-22-9-4-10-23-44)48-28-20-27-46(39-48)45-24-11-5-12-25-45)35-36-56(42)63-57-34-19-18-33-52(57)53-40-47-26-13-3-8-21-43(2)60(54(47)41-58(53)63,50-29-14-6-15-30-50)51-31-16-7-17-32-51/h3-16,18,20-25,27-31,33,35-37,39-42,55-56,59,62H,2,17,19,26,32,34,38,61H2,1H3/b13-3-,21-8-/t42?,55-,56?,59?,60?/m0/s1. The van der Waals surface area contributed by atoms with Gasteiger partial charge < -0.3 is 10.3 Å². The highest BCUT2D eigenvalue weighted by Crippen LogP contribution is 2.51. The second kappa shape index (κ2) is 17.7. The highest BCUT2D eigenvalue weighted by molar-refractivity contribution is 5.94. The molecule has 3 N–H and O–H groups in total. The van der Waals surface area contributed by atoms with Gasteiger partial charge in [0.25, 0.3) is 0 Å². The zero-order chi connectivity index (χ0) is 42.8. The predicted molar refractivity (Wildman–Crippen MR) is 265 cm³/mol. The van der Waals surface area contributed by atoms with Crippen molar-refractivity contribution in [2.75, 3.05) is 0 Å². The van der Waals surface area contributed by atoms with Crippen molar-refractivity contribution in [2.24, 2.45) is 11.7 Å². The molecule has 5 atom stereocenters. The Morgan fingerprint density at radius 2 is 1.52 bits per heavy atom. The summed E-state index contributed by atoms with van der Waals surface area (Å²) in [5, 5.41) is 5.24. The Hall–Kier alpha value is -6.52. The van der Waals surface area contributed by atoms with E-state index in [1.54, 1.807) is 0 Å². The molecule has 0 saturated heterocycles. The van der Waals surface area contributed by atoms with E-state index in [0.717, 1.165) is 49.7 Å². The zero-order valence-electron chi connectivity index (χ0n) is 36.3. The number of nitrogens with one attached hydrogen (secondary N) is 1. The van der Waals surface area contributed by atoms with Crippen LogP contribution in [0.15, 0.2) is 218 Å². The molecule has 0 aliphatic heterocycles. The fourth-order valence-corrected chi connectivity index (χ4v) is 10.8. The lowest BCUT2D eigenvalue weighted by molar-refractivity contribution is 0.454. The summed E-state index contributed by atoms with van der Waals surface area (Å²) in [6.07, 6.45) is 33.1. The van der Waals surface area contributed by atoms with E-state index in [9.17, 15) is 0 Å². The summed E-state index contributed by atoms with van der Waals surface area (Å²) < 4.78 is 2.68. The van der Waals surface area contributed by atoms with Gasteiger partial charge in [0, 0.05) is 28.2 Å². The van der Waals surface area contributed by atoms with E-state index in [2.05, 4.69) is 217 Å². The molecule has 0 bridgehead atoms. The molecular weight excluding hydrogens is 763 g/mol. The number of allylic oxidation sites excluding steroid dienone is 12. The number of nitrogens with zero attached hydrogens (tertiary/aromatic N) is 1. The molecule has 1 aromatic heterocycles. The SMILES string of the molecule is C=C1/C=C\C=C/Cc2cc3c4c(n(C5C=CC(C(N)N[C@@H](Cc6ccccc6)c6cccc(-c7ccccc7)c6)=CC5C)c3cc2C1(C1=CC=CCC1)c1ccccc1)CCC=C4. The number of rotatable bonds is 10. The summed E-state index contributed by atoms with van der Waals surface area (Å²) in [5.41, 5.74) is 23.3. The molecule has 0 amide bonds. The van der Waals surface area contributed by atoms with E-state index in [4.69, 9.17) is 12.3 Å². The lowest BCUT2D eigenvalue weighted by Crippen LogP contribution is -2.42. The second-order valence-electron chi connectivity index (χ2n) is 17.7. The Labute approximate surface area is 373 Å². The van der Waals surface area contributed by atoms with Gasteiger partial charge in [-0.15, -0.1) is 0 Å². The maximum Gasteiger partial charge on any atom is 0.0811 e. The number of hydrogen-bond acceptors (Lipinski definition) is 2. The molecule has 4 aliphatic rings. The maximum absolute atomic E-state index is 7.23. The van der Waals surface area contributed by atoms with E-state index >= 15 is 0 Å². The molecule has 3 heteroatoms. The Morgan fingerprint density at radius 3 is 2.30 bits per heavy atom. The first-order valence-corrected chi connectivity index (χ1v) is 22.9. The molecule has 4 unspecified atom stereocenters. The molecule has 312 valence electrons. The molecule has 63 heavy (non-hydrogen) atoms. The predicted octanol–water partition coefficient (Wildman–Crippen LogP) is 13.6. The third-order valence-electron chi connectivity index (χ3n) is 13.9. The van der Waals surface area contributed by atoms with Crippen LogP contribution < -0.4 is 11.1 Å². The zero-order valence-corrected chi connectivity index (χ0v) is 36.3. The lowest BCUT2D eigenvalue weighted by atomic mass is 9.61. The number of fused-ring (bicyclic) bond motifs is 4. The van der Waals surface area contributed by atoms with Crippen LogP contribution in [0, 0.1) is 5.92 Å². The summed E-state index contributed by atoms with van der Waals surface area (Å²) in [5.74, 6) is 0.202. The van der Waals surface area contributed by atoms with Gasteiger partial charge in [-0.3, -0.25) is 5.32 Å². The number of nitrogens with two attached hydrogens (primary N) is 1. The van der Waals surface area contributed by atoms with Crippen LogP contribution in [0.25, 0.3) is 28.1 Å². The average molecular weight is 820 g/mol. The highest BCUT2D eigenvalue weighted by Gasteiger charge is 2.42. The molecule has 0 spiro atoms. The molecule has 0 fully saturated rings. The van der Waals surface area contributed by atoms with Crippen molar-refractivity contribution >= 4 is 17.0 Å². The molecule has 6 aromatic rings. The lowest BCUT2D eigenvalue weighted by Gasteiger charge is -2.41. The molecule has 5 aromatic carbocycles. The van der Waals surface area contributed by atoms with E-state index in [-0.39, 0.29) is 24.2 Å². The Kier molecular flexibility index (Phi) is 11.4. The van der Waals surface area contributed by atoms with Gasteiger partial charge in [-0.2, -0.15) is 0 Å². The average Bonchev–Trinajstić information content (AvgIpc) is 3.68. The molecule has 4 aliphatic carbocycles. The van der Waals surface area contributed by atoms with Crippen LogP contribution in [-0.2, 0) is 24.7 Å². The first-order chi connectivity index (χ1) is 31.0. The van der Waals surface area contributed by atoms with Crippen molar-refractivity contribution in [3.63, 3.8) is 0 Å². The highest BCUT2D eigenvalue weighted by atomic mass is 15.1. The fraction of sp³-hybridized carbons (Fsp3) is 0.200. The summed E-state index contributed by atoms with van der Waals surface area (Å²) in [4.78, 5) is 0. The number of hydrogen-bond donors (Lipinski definition) is 2. The van der Waals surface area contributed by atoms with Crippen LogP contribution in [0.2, 0.25) is 0 Å². The molecule has 3 nitrogen and oxygen atoms in total. The van der Waals surface area contributed by atoms with Gasteiger partial charge in [-0.25, -0.2) is 0 Å². The minimum atomic E-state index is -0.514. The summed E-state index contributed by atoms with van der Waals surface area (Å²) in [7, 11) is 0. The quantitative estimate of drug-likeness (QED) is 0.135. The first-order valence-electron chi connectivity index (χ1n) is 22.9. The van der Waals surface area contributed by atoms with Crippen molar-refractivity contribution in [3.8, 4) is 11.1 Å². The van der Waals surface area contributed by atoms with Crippen LogP contribution in [-0.4, -0.2) is 10.7 Å². The second-order valence-corrected chi connectivity index (χ2v) is 17.7. The van der Waals surface area contributed by atoms with Gasteiger partial charge in [0.15, 0.2) is 0 Å². The van der Waals surface area contributed by atoms with Gasteiger partial charge in [-0.1, -0.05) is 201 Å². The summed E-state index contributed by atoms with van der Waals surface area (Å²) in [6, 6.07) is 46.7. The minimum Gasteiger partial charge on any atom is -0.336 e. The van der Waals surface area contributed by atoms with Crippen molar-refractivity contribution in [1.82, 2.24) is 9.88 Å². The number of aromatic nitrogens is 1. The van der Waals surface area contributed by atoms with Gasteiger partial charge in [0.1, 0.15) is 0 Å². The number of benzene rings is 5. The van der Waals surface area contributed by atoms with Crippen LogP contribution in [0.3, 0.4) is 0 Å². The van der Waals surface area contributed by atoms with Crippen LogP contribution in [0.4, 0.5) is 0 Å². The van der Waals surface area contributed by atoms with E-state index in [1.807, 2.05) is 0 Å². The van der Waals surface area contributed by atoms with Crippen molar-refractivity contribution in [2.45, 2.75) is 69.1 Å². The molecular formula is C60H57N3. The first kappa shape index (κ1) is 40.5. The van der Waals surface area contributed by atoms with Gasteiger partial charge in [0.05, 0.1) is 17.6 Å². The topological polar surface area (TPSA) is 43.0 Å². The fourth-order valence-electron chi connectivity index (χ4n) is 10.8. The summed E-state index contributed by atoms with van der Waals surface area (Å²) >= 11 is 0. The van der Waals surface area contributed by atoms with Gasteiger partial charge in [0.2, 0.25) is 0 Å². The third-order valence-corrected chi connectivity index (χ3v) is 13.9. The Morgan fingerprint density at radius 1 is 0.762 bits per heavy atom. The Bertz CT molecular complexity index is 2860. The van der Waals surface area contributed by atoms with Crippen molar-refractivity contribution in [1.29, 1.82) is 0 Å². The van der Waals surface area contributed by atoms with Gasteiger partial charge in [-0.05, 0) is 113 Å². The molecule has 1 heterocycles.